The summed E-state index contributed by atoms with van der Waals surface area (Å²) in [5.41, 5.74) is 0. The molecule has 2 unspecified atom stereocenters. The first-order valence-corrected chi connectivity index (χ1v) is 6.71. The van der Waals surface area contributed by atoms with Gasteiger partial charge in [0.15, 0.2) is 0 Å². The van der Waals surface area contributed by atoms with Crippen LogP contribution in [0.4, 0.5) is 0 Å². The Morgan fingerprint density at radius 2 is 2.12 bits per heavy atom. The Morgan fingerprint density at radius 3 is 2.75 bits per heavy atom. The summed E-state index contributed by atoms with van der Waals surface area (Å²) in [5.74, 6) is 2.07. The number of amides is 1. The number of thioether (sulfide) groups is 1. The zero-order valence-corrected chi connectivity index (χ0v) is 10.3. The van der Waals surface area contributed by atoms with Crippen molar-refractivity contribution in [1.82, 2.24) is 5.32 Å². The van der Waals surface area contributed by atoms with Gasteiger partial charge in [-0.15, -0.1) is 11.8 Å². The third-order valence-corrected chi connectivity index (χ3v) is 3.87. The highest BCUT2D eigenvalue weighted by atomic mass is 32.2. The minimum atomic E-state index is 0.237. The van der Waals surface area contributed by atoms with E-state index in [9.17, 15) is 4.79 Å². The highest BCUT2D eigenvalue weighted by molar-refractivity contribution is 7.99. The lowest BCUT2D eigenvalue weighted by Crippen LogP contribution is -2.27. The molecule has 1 aliphatic rings. The van der Waals surface area contributed by atoms with E-state index in [1.54, 1.807) is 11.8 Å². The Balaban J connectivity index is 1.60. The van der Waals surface area contributed by atoms with Gasteiger partial charge >= 0.3 is 0 Å². The fourth-order valence-electron chi connectivity index (χ4n) is 1.68. The molecule has 2 rings (SSSR count). The second-order valence-corrected chi connectivity index (χ2v) is 5.44. The Kier molecular flexibility index (Phi) is 3.88. The van der Waals surface area contributed by atoms with E-state index in [0.29, 0.717) is 11.8 Å². The Hall–Kier alpha value is -0.960. The second kappa shape index (κ2) is 5.39. The molecule has 1 fully saturated rings. The fourth-order valence-corrected chi connectivity index (χ4v) is 2.47. The highest BCUT2D eigenvalue weighted by Gasteiger charge is 2.38. The molecule has 2 atom stereocenters. The van der Waals surface area contributed by atoms with Gasteiger partial charge in [-0.1, -0.05) is 25.1 Å². The van der Waals surface area contributed by atoms with Crippen LogP contribution in [0, 0.1) is 11.8 Å². The molecule has 2 nitrogen and oxygen atoms in total. The van der Waals surface area contributed by atoms with Crippen LogP contribution in [-0.4, -0.2) is 18.2 Å². The molecule has 1 aromatic carbocycles. The van der Waals surface area contributed by atoms with Crippen molar-refractivity contribution >= 4 is 17.7 Å². The number of benzene rings is 1. The van der Waals surface area contributed by atoms with Crippen LogP contribution in [0.15, 0.2) is 35.2 Å². The van der Waals surface area contributed by atoms with Gasteiger partial charge in [0.25, 0.3) is 0 Å². The van der Waals surface area contributed by atoms with E-state index in [1.165, 1.54) is 4.90 Å². The predicted octanol–water partition coefficient (Wildman–Crippen LogP) is 2.55. The van der Waals surface area contributed by atoms with E-state index in [1.807, 2.05) is 18.2 Å². The fraction of sp³-hybridized carbons (Fsp3) is 0.462. The van der Waals surface area contributed by atoms with Crippen molar-refractivity contribution in [2.24, 2.45) is 11.8 Å². The smallest absolute Gasteiger partial charge is 0.223 e. The van der Waals surface area contributed by atoms with Gasteiger partial charge in [-0.05, 0) is 24.5 Å². The number of carbonyl (C=O) groups excluding carboxylic acids is 1. The van der Waals surface area contributed by atoms with E-state index in [-0.39, 0.29) is 5.91 Å². The molecule has 1 N–H and O–H groups in total. The van der Waals surface area contributed by atoms with Crippen LogP contribution in [0.2, 0.25) is 0 Å². The molecule has 0 radical (unpaired) electrons. The van der Waals surface area contributed by atoms with Gasteiger partial charge in [-0.2, -0.15) is 0 Å². The minimum Gasteiger partial charge on any atom is -0.355 e. The van der Waals surface area contributed by atoms with Crippen molar-refractivity contribution in [1.29, 1.82) is 0 Å². The van der Waals surface area contributed by atoms with Crippen molar-refractivity contribution in [3.63, 3.8) is 0 Å². The molecule has 1 amide bonds. The number of carbonyl (C=O) groups is 1. The molecule has 0 heterocycles. The third-order valence-electron chi connectivity index (χ3n) is 2.86. The maximum Gasteiger partial charge on any atom is 0.223 e. The summed E-state index contributed by atoms with van der Waals surface area (Å²) in [7, 11) is 0. The van der Waals surface area contributed by atoms with E-state index < -0.39 is 0 Å². The third kappa shape index (κ3) is 3.27. The molecule has 0 aromatic heterocycles. The summed E-state index contributed by atoms with van der Waals surface area (Å²) >= 11 is 1.78. The highest BCUT2D eigenvalue weighted by Crippen LogP contribution is 2.37. The van der Waals surface area contributed by atoms with Gasteiger partial charge in [0.2, 0.25) is 5.91 Å². The van der Waals surface area contributed by atoms with E-state index in [2.05, 4.69) is 24.4 Å². The number of nitrogens with one attached hydrogen (secondary N) is 1. The average Bonchev–Trinajstić information content (AvgIpc) is 3.03. The maximum atomic E-state index is 11.5. The lowest BCUT2D eigenvalue weighted by molar-refractivity contribution is -0.122. The summed E-state index contributed by atoms with van der Waals surface area (Å²) in [6.45, 7) is 2.89. The molecule has 3 heteroatoms. The monoisotopic (exact) mass is 235 g/mol. The number of rotatable bonds is 5. The number of hydrogen-bond donors (Lipinski definition) is 1. The largest absolute Gasteiger partial charge is 0.355 e. The summed E-state index contributed by atoms with van der Waals surface area (Å²) in [6.07, 6.45) is 1.07. The first-order valence-electron chi connectivity index (χ1n) is 5.73. The van der Waals surface area contributed by atoms with Gasteiger partial charge in [-0.25, -0.2) is 0 Å². The topological polar surface area (TPSA) is 29.1 Å². The maximum absolute atomic E-state index is 11.5. The minimum absolute atomic E-state index is 0.237. The van der Waals surface area contributed by atoms with Crippen LogP contribution in [0.1, 0.15) is 13.3 Å². The SMILES string of the molecule is CC1CC1C(=O)NCCSc1ccccc1. The van der Waals surface area contributed by atoms with Crippen LogP contribution in [0.3, 0.4) is 0 Å². The molecule has 0 saturated heterocycles. The summed E-state index contributed by atoms with van der Waals surface area (Å²) < 4.78 is 0. The Bertz CT molecular complexity index is 352. The molecule has 0 bridgehead atoms. The first kappa shape index (κ1) is 11.5. The van der Waals surface area contributed by atoms with Crippen molar-refractivity contribution in [2.45, 2.75) is 18.2 Å². The average molecular weight is 235 g/mol. The van der Waals surface area contributed by atoms with E-state index >= 15 is 0 Å². The molecular formula is C13H17NOS. The quantitative estimate of drug-likeness (QED) is 0.628. The van der Waals surface area contributed by atoms with Gasteiger partial charge < -0.3 is 5.32 Å². The molecule has 1 aromatic rings. The van der Waals surface area contributed by atoms with Gasteiger partial charge in [-0.3, -0.25) is 4.79 Å². The zero-order valence-electron chi connectivity index (χ0n) is 9.48. The lowest BCUT2D eigenvalue weighted by atomic mass is 10.3. The van der Waals surface area contributed by atoms with Crippen molar-refractivity contribution < 1.29 is 4.79 Å². The molecule has 1 saturated carbocycles. The van der Waals surface area contributed by atoms with E-state index in [4.69, 9.17) is 0 Å². The molecule has 1 aliphatic carbocycles. The van der Waals surface area contributed by atoms with Crippen molar-refractivity contribution in [3.8, 4) is 0 Å². The Morgan fingerprint density at radius 1 is 1.44 bits per heavy atom. The van der Waals surface area contributed by atoms with Crippen molar-refractivity contribution in [2.75, 3.05) is 12.3 Å². The molecule has 0 aliphatic heterocycles. The first-order chi connectivity index (χ1) is 7.77. The summed E-state index contributed by atoms with van der Waals surface area (Å²) in [6, 6.07) is 10.3. The second-order valence-electron chi connectivity index (χ2n) is 4.27. The number of hydrogen-bond acceptors (Lipinski definition) is 2. The van der Waals surface area contributed by atoms with Gasteiger partial charge in [0.1, 0.15) is 0 Å². The molecule has 0 spiro atoms. The van der Waals surface area contributed by atoms with Crippen LogP contribution in [-0.2, 0) is 4.79 Å². The molecular weight excluding hydrogens is 218 g/mol. The van der Waals surface area contributed by atoms with Crippen molar-refractivity contribution in [3.05, 3.63) is 30.3 Å². The standard InChI is InChI=1S/C13H17NOS/c1-10-9-12(10)13(15)14-7-8-16-11-5-3-2-4-6-11/h2-6,10,12H,7-9H2,1H3,(H,14,15). The normalized spacial score (nSPS) is 22.8. The van der Waals surface area contributed by atoms with E-state index in [0.717, 1.165) is 18.7 Å². The predicted molar refractivity (Wildman–Crippen MR) is 67.4 cm³/mol. The van der Waals surface area contributed by atoms with Crippen LogP contribution in [0.5, 0.6) is 0 Å². The van der Waals surface area contributed by atoms with Crippen LogP contribution < -0.4 is 5.32 Å². The lowest BCUT2D eigenvalue weighted by Gasteiger charge is -2.04. The molecule has 16 heavy (non-hydrogen) atoms. The van der Waals surface area contributed by atoms with Gasteiger partial charge in [0.05, 0.1) is 0 Å². The zero-order chi connectivity index (χ0) is 11.4. The van der Waals surface area contributed by atoms with Crippen LogP contribution in [0.25, 0.3) is 0 Å². The summed E-state index contributed by atoms with van der Waals surface area (Å²) in [5, 5.41) is 2.99. The summed E-state index contributed by atoms with van der Waals surface area (Å²) in [4.78, 5) is 12.8. The molecule has 86 valence electrons. The van der Waals surface area contributed by atoms with Crippen LogP contribution >= 0.6 is 11.8 Å². The van der Waals surface area contributed by atoms with Gasteiger partial charge in [0, 0.05) is 23.1 Å². The Labute approximate surface area is 101 Å².